The number of hydrogen-bond acceptors (Lipinski definition) is 5. The van der Waals surface area contributed by atoms with Crippen LogP contribution in [-0.2, 0) is 6.42 Å². The molecule has 0 aliphatic carbocycles. The predicted molar refractivity (Wildman–Crippen MR) is 78.3 cm³/mol. The number of aromatic nitrogens is 3. The van der Waals surface area contributed by atoms with Gasteiger partial charge in [-0.15, -0.1) is 0 Å². The van der Waals surface area contributed by atoms with Gasteiger partial charge in [-0.2, -0.15) is 4.37 Å². The van der Waals surface area contributed by atoms with E-state index in [2.05, 4.69) is 38.3 Å². The summed E-state index contributed by atoms with van der Waals surface area (Å²) in [6.45, 7) is 3.96. The van der Waals surface area contributed by atoms with E-state index in [1.54, 1.807) is 0 Å². The number of nitrogens with zero attached hydrogens (tertiary/aromatic N) is 4. The highest BCUT2D eigenvalue weighted by Crippen LogP contribution is 2.25. The molecule has 0 unspecified atom stereocenters. The lowest BCUT2D eigenvalue weighted by atomic mass is 10.1. The van der Waals surface area contributed by atoms with Crippen molar-refractivity contribution in [2.24, 2.45) is 0 Å². The van der Waals surface area contributed by atoms with Gasteiger partial charge in [-0.3, -0.25) is 4.98 Å². The molecule has 0 saturated carbocycles. The van der Waals surface area contributed by atoms with Crippen molar-refractivity contribution in [1.29, 1.82) is 0 Å². The van der Waals surface area contributed by atoms with Crippen LogP contribution in [0.15, 0.2) is 30.5 Å². The maximum Gasteiger partial charge on any atom is 0.205 e. The van der Waals surface area contributed by atoms with Gasteiger partial charge >= 0.3 is 0 Å². The molecule has 0 radical (unpaired) electrons. The van der Waals surface area contributed by atoms with Crippen LogP contribution in [0.25, 0.3) is 5.57 Å². The van der Waals surface area contributed by atoms with E-state index in [0.29, 0.717) is 0 Å². The molecular weight excluding hydrogens is 256 g/mol. The molecule has 0 amide bonds. The van der Waals surface area contributed by atoms with E-state index in [4.69, 9.17) is 0 Å². The second kappa shape index (κ2) is 5.48. The molecular formula is C14H16N4S. The van der Waals surface area contributed by atoms with E-state index in [9.17, 15) is 0 Å². The molecule has 5 heteroatoms. The van der Waals surface area contributed by atoms with Crippen molar-refractivity contribution in [2.45, 2.75) is 19.8 Å². The SMILES string of the molecule is CCc1nsc(N2CCC=C(c3ccccn3)C2)n1. The molecule has 1 aliphatic heterocycles. The third-order valence-corrected chi connectivity index (χ3v) is 4.00. The second-order valence-corrected chi connectivity index (χ2v) is 5.23. The molecule has 0 bridgehead atoms. The lowest BCUT2D eigenvalue weighted by molar-refractivity contribution is 0.819. The Labute approximate surface area is 117 Å². The van der Waals surface area contributed by atoms with Gasteiger partial charge in [-0.1, -0.05) is 19.1 Å². The molecule has 4 nitrogen and oxygen atoms in total. The normalized spacial score (nSPS) is 15.4. The average Bonchev–Trinajstić information content (AvgIpc) is 2.97. The minimum atomic E-state index is 0.870. The molecule has 3 rings (SSSR count). The third-order valence-electron chi connectivity index (χ3n) is 3.19. The Morgan fingerprint density at radius 3 is 3.05 bits per heavy atom. The first kappa shape index (κ1) is 12.3. The molecule has 0 saturated heterocycles. The van der Waals surface area contributed by atoms with Crippen LogP contribution >= 0.6 is 11.5 Å². The van der Waals surface area contributed by atoms with Gasteiger partial charge in [0.25, 0.3) is 0 Å². The highest BCUT2D eigenvalue weighted by atomic mass is 32.1. The van der Waals surface area contributed by atoms with Gasteiger partial charge in [0.2, 0.25) is 5.13 Å². The van der Waals surface area contributed by atoms with Gasteiger partial charge in [-0.05, 0) is 24.1 Å². The van der Waals surface area contributed by atoms with Crippen LogP contribution in [0.1, 0.15) is 24.9 Å². The lowest BCUT2D eigenvalue weighted by Crippen LogP contribution is -2.29. The standard InChI is InChI=1S/C14H16N4S/c1-2-13-16-14(19-17-13)18-9-5-6-11(10-18)12-7-3-4-8-15-12/h3-4,6-8H,2,5,9-10H2,1H3. The fourth-order valence-electron chi connectivity index (χ4n) is 2.16. The molecule has 0 fully saturated rings. The number of aryl methyl sites for hydroxylation is 1. The first-order valence-electron chi connectivity index (χ1n) is 6.55. The zero-order valence-electron chi connectivity index (χ0n) is 10.9. The van der Waals surface area contributed by atoms with Crippen LogP contribution in [-0.4, -0.2) is 27.4 Å². The maximum atomic E-state index is 4.57. The number of anilines is 1. The largest absolute Gasteiger partial charge is 0.342 e. The Balaban J connectivity index is 1.79. The first-order chi connectivity index (χ1) is 9.36. The summed E-state index contributed by atoms with van der Waals surface area (Å²) < 4.78 is 4.36. The minimum absolute atomic E-state index is 0.870. The van der Waals surface area contributed by atoms with Crippen molar-refractivity contribution in [3.8, 4) is 0 Å². The van der Waals surface area contributed by atoms with Gasteiger partial charge in [-0.25, -0.2) is 4.98 Å². The summed E-state index contributed by atoms with van der Waals surface area (Å²) in [6.07, 6.45) is 6.05. The van der Waals surface area contributed by atoms with Crippen molar-refractivity contribution in [1.82, 2.24) is 14.3 Å². The van der Waals surface area contributed by atoms with E-state index >= 15 is 0 Å². The predicted octanol–water partition coefficient (Wildman–Crippen LogP) is 2.79. The topological polar surface area (TPSA) is 41.9 Å². The van der Waals surface area contributed by atoms with Crippen molar-refractivity contribution in [3.05, 3.63) is 42.0 Å². The molecule has 2 aromatic rings. The fourth-order valence-corrected chi connectivity index (χ4v) is 2.94. The van der Waals surface area contributed by atoms with Gasteiger partial charge in [0.05, 0.1) is 5.69 Å². The quantitative estimate of drug-likeness (QED) is 0.861. The summed E-state index contributed by atoms with van der Waals surface area (Å²) in [5.41, 5.74) is 2.34. The van der Waals surface area contributed by atoms with E-state index in [1.165, 1.54) is 17.1 Å². The van der Waals surface area contributed by atoms with Crippen LogP contribution in [0.2, 0.25) is 0 Å². The van der Waals surface area contributed by atoms with Crippen LogP contribution in [0.3, 0.4) is 0 Å². The number of hydrogen-bond donors (Lipinski definition) is 0. The Bertz CT molecular complexity index is 576. The fraction of sp³-hybridized carbons (Fsp3) is 0.357. The van der Waals surface area contributed by atoms with E-state index in [0.717, 1.165) is 42.6 Å². The summed E-state index contributed by atoms with van der Waals surface area (Å²) in [6, 6.07) is 6.04. The molecule has 0 aromatic carbocycles. The summed E-state index contributed by atoms with van der Waals surface area (Å²) in [7, 11) is 0. The van der Waals surface area contributed by atoms with E-state index < -0.39 is 0 Å². The molecule has 2 aromatic heterocycles. The molecule has 0 N–H and O–H groups in total. The molecule has 0 atom stereocenters. The number of pyridine rings is 1. The van der Waals surface area contributed by atoms with Gasteiger partial charge < -0.3 is 4.90 Å². The van der Waals surface area contributed by atoms with E-state index in [1.807, 2.05) is 18.3 Å². The average molecular weight is 272 g/mol. The monoisotopic (exact) mass is 272 g/mol. The highest BCUT2D eigenvalue weighted by molar-refractivity contribution is 7.09. The van der Waals surface area contributed by atoms with Crippen molar-refractivity contribution >= 4 is 22.2 Å². The lowest BCUT2D eigenvalue weighted by Gasteiger charge is -2.26. The van der Waals surface area contributed by atoms with Crippen molar-refractivity contribution < 1.29 is 0 Å². The van der Waals surface area contributed by atoms with Gasteiger partial charge in [0, 0.05) is 37.2 Å². The third kappa shape index (κ3) is 2.66. The Kier molecular flexibility index (Phi) is 3.55. The summed E-state index contributed by atoms with van der Waals surface area (Å²) >= 11 is 1.50. The molecule has 98 valence electrons. The Hall–Kier alpha value is -1.75. The maximum absolute atomic E-state index is 4.57. The van der Waals surface area contributed by atoms with Crippen molar-refractivity contribution in [3.63, 3.8) is 0 Å². The number of rotatable bonds is 3. The van der Waals surface area contributed by atoms with Gasteiger partial charge in [0.1, 0.15) is 5.82 Å². The van der Waals surface area contributed by atoms with Crippen LogP contribution in [0.5, 0.6) is 0 Å². The summed E-state index contributed by atoms with van der Waals surface area (Å²) in [5, 5.41) is 1.03. The van der Waals surface area contributed by atoms with Crippen LogP contribution in [0, 0.1) is 0 Å². The van der Waals surface area contributed by atoms with Crippen LogP contribution in [0.4, 0.5) is 5.13 Å². The summed E-state index contributed by atoms with van der Waals surface area (Å²) in [5.74, 6) is 0.939. The smallest absolute Gasteiger partial charge is 0.205 e. The molecule has 19 heavy (non-hydrogen) atoms. The second-order valence-electron chi connectivity index (χ2n) is 4.50. The van der Waals surface area contributed by atoms with Crippen molar-refractivity contribution in [2.75, 3.05) is 18.0 Å². The van der Waals surface area contributed by atoms with Crippen LogP contribution < -0.4 is 4.90 Å². The Morgan fingerprint density at radius 2 is 2.32 bits per heavy atom. The zero-order valence-corrected chi connectivity index (χ0v) is 11.7. The summed E-state index contributed by atoms with van der Waals surface area (Å²) in [4.78, 5) is 11.3. The zero-order chi connectivity index (χ0) is 13.1. The van der Waals surface area contributed by atoms with Gasteiger partial charge in [0.15, 0.2) is 0 Å². The highest BCUT2D eigenvalue weighted by Gasteiger charge is 2.18. The van der Waals surface area contributed by atoms with E-state index in [-0.39, 0.29) is 0 Å². The molecule has 3 heterocycles. The minimum Gasteiger partial charge on any atom is -0.342 e. The Morgan fingerprint density at radius 1 is 1.37 bits per heavy atom. The molecule has 1 aliphatic rings. The molecule has 0 spiro atoms. The first-order valence-corrected chi connectivity index (χ1v) is 7.32.